The van der Waals surface area contributed by atoms with Crippen LogP contribution in [0, 0.1) is 19.8 Å². The topological polar surface area (TPSA) is 15.3 Å². The molecule has 106 valence electrons. The first-order chi connectivity index (χ1) is 9.11. The van der Waals surface area contributed by atoms with Gasteiger partial charge in [0.1, 0.15) is 0 Å². The summed E-state index contributed by atoms with van der Waals surface area (Å²) in [4.78, 5) is 2.58. The van der Waals surface area contributed by atoms with Gasteiger partial charge >= 0.3 is 0 Å². The number of aryl methyl sites for hydroxylation is 2. The fraction of sp³-hybridized carbons (Fsp3) is 0.647. The molecule has 2 heteroatoms. The molecule has 1 aliphatic rings. The Bertz CT molecular complexity index is 414. The van der Waals surface area contributed by atoms with Crippen LogP contribution in [0.25, 0.3) is 0 Å². The number of benzene rings is 1. The Morgan fingerprint density at radius 2 is 2.16 bits per heavy atom. The highest BCUT2D eigenvalue weighted by molar-refractivity contribution is 5.54. The molecule has 1 heterocycles. The predicted molar refractivity (Wildman–Crippen MR) is 84.0 cm³/mol. The molecule has 0 radical (unpaired) electrons. The van der Waals surface area contributed by atoms with Crippen LogP contribution in [0.1, 0.15) is 37.8 Å². The fourth-order valence-corrected chi connectivity index (χ4v) is 3.00. The van der Waals surface area contributed by atoms with Gasteiger partial charge in [-0.05, 0) is 44.4 Å². The molecule has 19 heavy (non-hydrogen) atoms. The van der Waals surface area contributed by atoms with E-state index >= 15 is 0 Å². The lowest BCUT2D eigenvalue weighted by atomic mass is 9.98. The highest BCUT2D eigenvalue weighted by Gasteiger charge is 2.22. The summed E-state index contributed by atoms with van der Waals surface area (Å²) < 4.78 is 0. The number of hydrogen-bond acceptors (Lipinski definition) is 2. The van der Waals surface area contributed by atoms with Crippen LogP contribution in [-0.4, -0.2) is 25.7 Å². The molecule has 2 rings (SSSR count). The summed E-state index contributed by atoms with van der Waals surface area (Å²) in [6.07, 6.45) is 2.48. The molecule has 1 aliphatic heterocycles. The lowest BCUT2D eigenvalue weighted by molar-refractivity contribution is 0.384. The van der Waals surface area contributed by atoms with Crippen LogP contribution in [0.15, 0.2) is 18.2 Å². The zero-order valence-corrected chi connectivity index (χ0v) is 12.9. The van der Waals surface area contributed by atoms with Crippen LogP contribution in [0.5, 0.6) is 0 Å². The smallest absolute Gasteiger partial charge is 0.0396 e. The lowest BCUT2D eigenvalue weighted by Crippen LogP contribution is -2.42. The second-order valence-electron chi connectivity index (χ2n) is 6.04. The first-order valence-electron chi connectivity index (χ1n) is 7.67. The van der Waals surface area contributed by atoms with Crippen molar-refractivity contribution >= 4 is 5.69 Å². The van der Waals surface area contributed by atoms with Crippen molar-refractivity contribution in [2.75, 3.05) is 24.5 Å². The normalized spacial score (nSPS) is 22.1. The molecule has 0 spiro atoms. The van der Waals surface area contributed by atoms with Gasteiger partial charge in [0, 0.05) is 24.8 Å². The lowest BCUT2D eigenvalue weighted by Gasteiger charge is -2.30. The van der Waals surface area contributed by atoms with E-state index in [1.165, 1.54) is 36.2 Å². The summed E-state index contributed by atoms with van der Waals surface area (Å²) in [5, 5.41) is 3.72. The van der Waals surface area contributed by atoms with Gasteiger partial charge in [0.25, 0.3) is 0 Å². The van der Waals surface area contributed by atoms with E-state index in [0.717, 1.165) is 19.0 Å². The molecule has 1 saturated heterocycles. The summed E-state index contributed by atoms with van der Waals surface area (Å²) in [7, 11) is 0. The van der Waals surface area contributed by atoms with E-state index in [1.807, 2.05) is 0 Å². The zero-order valence-electron chi connectivity index (χ0n) is 12.9. The molecule has 2 nitrogen and oxygen atoms in total. The van der Waals surface area contributed by atoms with Crippen molar-refractivity contribution in [2.45, 2.75) is 46.6 Å². The third-order valence-corrected chi connectivity index (χ3v) is 4.45. The van der Waals surface area contributed by atoms with E-state index in [2.05, 4.69) is 56.1 Å². The first kappa shape index (κ1) is 14.4. The molecule has 1 fully saturated rings. The van der Waals surface area contributed by atoms with Crippen molar-refractivity contribution in [1.82, 2.24) is 5.32 Å². The number of anilines is 1. The second kappa shape index (κ2) is 6.42. The molecule has 2 unspecified atom stereocenters. The van der Waals surface area contributed by atoms with E-state index in [4.69, 9.17) is 0 Å². The molecule has 0 aliphatic carbocycles. The highest BCUT2D eigenvalue weighted by atomic mass is 15.2. The van der Waals surface area contributed by atoms with Gasteiger partial charge in [0.05, 0.1) is 0 Å². The summed E-state index contributed by atoms with van der Waals surface area (Å²) in [5.41, 5.74) is 4.18. The summed E-state index contributed by atoms with van der Waals surface area (Å²) in [6, 6.07) is 7.45. The minimum atomic E-state index is 0.619. The van der Waals surface area contributed by atoms with Crippen LogP contribution in [0.4, 0.5) is 5.69 Å². The average molecular weight is 260 g/mol. The van der Waals surface area contributed by atoms with Crippen molar-refractivity contribution in [2.24, 2.45) is 5.92 Å². The Kier molecular flexibility index (Phi) is 4.87. The van der Waals surface area contributed by atoms with Crippen LogP contribution >= 0.6 is 0 Å². The molecule has 1 aromatic carbocycles. The number of hydrogen-bond donors (Lipinski definition) is 1. The van der Waals surface area contributed by atoms with Gasteiger partial charge in [-0.25, -0.2) is 0 Å². The zero-order chi connectivity index (χ0) is 13.8. The molecular formula is C17H28N2. The van der Waals surface area contributed by atoms with E-state index in [-0.39, 0.29) is 0 Å². The highest BCUT2D eigenvalue weighted by Crippen LogP contribution is 2.24. The van der Waals surface area contributed by atoms with Crippen molar-refractivity contribution < 1.29 is 0 Å². The van der Waals surface area contributed by atoms with Gasteiger partial charge in [-0.15, -0.1) is 0 Å². The third kappa shape index (κ3) is 3.50. The number of nitrogens with one attached hydrogen (secondary N) is 1. The second-order valence-corrected chi connectivity index (χ2v) is 6.04. The molecule has 0 bridgehead atoms. The summed E-state index contributed by atoms with van der Waals surface area (Å²) >= 11 is 0. The molecule has 2 atom stereocenters. The van der Waals surface area contributed by atoms with E-state index < -0.39 is 0 Å². The molecule has 1 aromatic rings. The van der Waals surface area contributed by atoms with Crippen molar-refractivity contribution in [1.29, 1.82) is 0 Å². The van der Waals surface area contributed by atoms with E-state index in [0.29, 0.717) is 6.04 Å². The van der Waals surface area contributed by atoms with Crippen molar-refractivity contribution in [3.63, 3.8) is 0 Å². The van der Waals surface area contributed by atoms with Crippen LogP contribution in [0.3, 0.4) is 0 Å². The minimum Gasteiger partial charge on any atom is -0.370 e. The predicted octanol–water partition coefficient (Wildman–Crippen LogP) is 3.52. The van der Waals surface area contributed by atoms with Gasteiger partial charge in [0.2, 0.25) is 0 Å². The molecular weight excluding hydrogens is 232 g/mol. The Morgan fingerprint density at radius 1 is 1.37 bits per heavy atom. The molecule has 1 N–H and O–H groups in total. The van der Waals surface area contributed by atoms with Crippen molar-refractivity contribution in [3.05, 3.63) is 29.3 Å². The maximum atomic E-state index is 3.72. The third-order valence-electron chi connectivity index (χ3n) is 4.45. The SMILES string of the molecule is CCC(C)C1CN(c2ccc(C)cc2C)CCCN1. The van der Waals surface area contributed by atoms with Crippen molar-refractivity contribution in [3.8, 4) is 0 Å². The Hall–Kier alpha value is -1.02. The van der Waals surface area contributed by atoms with Gasteiger partial charge in [0.15, 0.2) is 0 Å². The maximum Gasteiger partial charge on any atom is 0.0396 e. The number of rotatable bonds is 3. The standard InChI is InChI=1S/C17H28N2/c1-5-14(3)16-12-19(10-6-9-18-16)17-8-7-13(2)11-15(17)4/h7-8,11,14,16,18H,5-6,9-10,12H2,1-4H3. The largest absolute Gasteiger partial charge is 0.370 e. The fourth-order valence-electron chi connectivity index (χ4n) is 3.00. The minimum absolute atomic E-state index is 0.619. The van der Waals surface area contributed by atoms with Crippen LogP contribution < -0.4 is 10.2 Å². The Morgan fingerprint density at radius 3 is 2.84 bits per heavy atom. The average Bonchev–Trinajstić information content (AvgIpc) is 2.63. The first-order valence-corrected chi connectivity index (χ1v) is 7.67. The quantitative estimate of drug-likeness (QED) is 0.894. The number of nitrogens with zero attached hydrogens (tertiary/aromatic N) is 1. The van der Waals surface area contributed by atoms with Gasteiger partial charge in [-0.2, -0.15) is 0 Å². The molecule has 0 saturated carbocycles. The van der Waals surface area contributed by atoms with Crippen LogP contribution in [-0.2, 0) is 0 Å². The maximum absolute atomic E-state index is 3.72. The van der Waals surface area contributed by atoms with Gasteiger partial charge < -0.3 is 10.2 Å². The van der Waals surface area contributed by atoms with E-state index in [1.54, 1.807) is 0 Å². The monoisotopic (exact) mass is 260 g/mol. The van der Waals surface area contributed by atoms with E-state index in [9.17, 15) is 0 Å². The summed E-state index contributed by atoms with van der Waals surface area (Å²) in [6.45, 7) is 12.5. The Balaban J connectivity index is 2.17. The Labute approximate surface area is 118 Å². The van der Waals surface area contributed by atoms with Gasteiger partial charge in [-0.1, -0.05) is 38.0 Å². The summed E-state index contributed by atoms with van der Waals surface area (Å²) in [5.74, 6) is 0.742. The van der Waals surface area contributed by atoms with Crippen LogP contribution in [0.2, 0.25) is 0 Å². The van der Waals surface area contributed by atoms with Gasteiger partial charge in [-0.3, -0.25) is 0 Å². The molecule has 0 amide bonds. The molecule has 0 aromatic heterocycles.